The van der Waals surface area contributed by atoms with Crippen LogP contribution in [0.15, 0.2) is 101 Å². The van der Waals surface area contributed by atoms with E-state index in [4.69, 9.17) is 0 Å². The fraction of sp³-hybridized carbons (Fsp3) is 0.125. The molecule has 0 saturated heterocycles. The predicted octanol–water partition coefficient (Wildman–Crippen LogP) is 3.62. The number of carbonyl (C=O) groups excluding carboxylic acids is 1. The lowest BCUT2D eigenvalue weighted by Gasteiger charge is -2.19. The summed E-state index contributed by atoms with van der Waals surface area (Å²) in [5.74, 6) is 0.0133. The van der Waals surface area contributed by atoms with Gasteiger partial charge in [-0.15, -0.1) is 5.10 Å². The van der Waals surface area contributed by atoms with E-state index in [1.54, 1.807) is 4.57 Å². The number of hydrogen-bond donors (Lipinski definition) is 2. The van der Waals surface area contributed by atoms with E-state index in [-0.39, 0.29) is 23.4 Å². The van der Waals surface area contributed by atoms with Gasteiger partial charge in [0.15, 0.2) is 5.16 Å². The Morgan fingerprint density at radius 1 is 0.903 bits per heavy atom. The molecule has 1 aromatic heterocycles. The minimum absolute atomic E-state index is 0.135. The third kappa shape index (κ3) is 5.32. The second-order valence-electron chi connectivity index (χ2n) is 6.99. The van der Waals surface area contributed by atoms with Crippen LogP contribution in [0.2, 0.25) is 0 Å². The molecule has 2 N–H and O–H groups in total. The van der Waals surface area contributed by atoms with Crippen molar-refractivity contribution in [1.29, 1.82) is 0 Å². The van der Waals surface area contributed by atoms with E-state index in [2.05, 4.69) is 15.5 Å². The van der Waals surface area contributed by atoms with Gasteiger partial charge in [-0.3, -0.25) is 9.36 Å². The van der Waals surface area contributed by atoms with Gasteiger partial charge in [0, 0.05) is 0 Å². The topological polar surface area (TPSA) is 79.8 Å². The highest BCUT2D eigenvalue weighted by Gasteiger charge is 2.18. The number of hydrogen-bond acceptors (Lipinski definition) is 4. The van der Waals surface area contributed by atoms with E-state index in [9.17, 15) is 9.59 Å². The molecule has 0 bridgehead atoms. The van der Waals surface area contributed by atoms with Crippen molar-refractivity contribution in [3.05, 3.63) is 118 Å². The van der Waals surface area contributed by atoms with Gasteiger partial charge in [-0.25, -0.2) is 9.89 Å². The Morgan fingerprint density at radius 3 is 2.03 bits per heavy atom. The maximum Gasteiger partial charge on any atom is 0.344 e. The van der Waals surface area contributed by atoms with Gasteiger partial charge in [-0.1, -0.05) is 103 Å². The molecule has 4 rings (SSSR count). The van der Waals surface area contributed by atoms with E-state index in [1.807, 2.05) is 91.0 Å². The van der Waals surface area contributed by atoms with Crippen molar-refractivity contribution in [2.45, 2.75) is 17.7 Å². The van der Waals surface area contributed by atoms with Crippen molar-refractivity contribution >= 4 is 17.7 Å². The molecule has 4 aromatic rings. The van der Waals surface area contributed by atoms with Crippen molar-refractivity contribution in [2.24, 2.45) is 0 Å². The molecule has 0 aliphatic rings. The maximum absolute atomic E-state index is 12.8. The largest absolute Gasteiger partial charge is 0.344 e. The van der Waals surface area contributed by atoms with Gasteiger partial charge in [-0.05, 0) is 16.7 Å². The first-order chi connectivity index (χ1) is 15.2. The summed E-state index contributed by atoms with van der Waals surface area (Å²) in [7, 11) is 0. The number of rotatable bonds is 8. The molecule has 0 spiro atoms. The summed E-state index contributed by atoms with van der Waals surface area (Å²) in [6.45, 7) is 0.400. The van der Waals surface area contributed by atoms with Crippen molar-refractivity contribution < 1.29 is 4.79 Å². The molecule has 0 aliphatic heterocycles. The third-order valence-electron chi connectivity index (χ3n) is 4.81. The van der Waals surface area contributed by atoms with Crippen LogP contribution in [-0.2, 0) is 11.3 Å². The first-order valence-corrected chi connectivity index (χ1v) is 10.9. The first kappa shape index (κ1) is 20.7. The molecule has 0 aliphatic carbocycles. The standard InChI is InChI=1S/C24H22N4O2S/c29-21(25-22(19-12-6-2-7-13-19)20-14-8-3-9-15-20)17-31-24-27-26-23(30)28(24)16-18-10-4-1-5-11-18/h1-15,22H,16-17H2,(H,25,29)(H,26,30). The van der Waals surface area contributed by atoms with E-state index in [0.717, 1.165) is 16.7 Å². The Balaban J connectivity index is 1.46. The predicted molar refractivity (Wildman–Crippen MR) is 122 cm³/mol. The lowest BCUT2D eigenvalue weighted by molar-refractivity contribution is -0.119. The summed E-state index contributed by atoms with van der Waals surface area (Å²) < 4.78 is 1.54. The lowest BCUT2D eigenvalue weighted by atomic mass is 9.99. The summed E-state index contributed by atoms with van der Waals surface area (Å²) in [4.78, 5) is 25.0. The Hall–Kier alpha value is -3.58. The molecule has 0 unspecified atom stereocenters. The summed E-state index contributed by atoms with van der Waals surface area (Å²) >= 11 is 1.24. The van der Waals surface area contributed by atoms with Crippen LogP contribution < -0.4 is 11.0 Å². The first-order valence-electron chi connectivity index (χ1n) is 9.92. The number of thioether (sulfide) groups is 1. The van der Waals surface area contributed by atoms with Crippen molar-refractivity contribution in [3.63, 3.8) is 0 Å². The van der Waals surface area contributed by atoms with Crippen LogP contribution >= 0.6 is 11.8 Å². The van der Waals surface area contributed by atoms with Crippen LogP contribution in [0.3, 0.4) is 0 Å². The zero-order valence-corrected chi connectivity index (χ0v) is 17.6. The zero-order chi connectivity index (χ0) is 21.5. The Kier molecular flexibility index (Phi) is 6.64. The molecule has 6 nitrogen and oxygen atoms in total. The fourth-order valence-corrected chi connectivity index (χ4v) is 4.06. The lowest BCUT2D eigenvalue weighted by Crippen LogP contribution is -2.30. The van der Waals surface area contributed by atoms with Crippen LogP contribution in [0.5, 0.6) is 0 Å². The number of nitrogens with zero attached hydrogens (tertiary/aromatic N) is 2. The van der Waals surface area contributed by atoms with Gasteiger partial charge in [0.2, 0.25) is 5.91 Å². The molecule has 0 radical (unpaired) electrons. The third-order valence-corrected chi connectivity index (χ3v) is 5.79. The zero-order valence-electron chi connectivity index (χ0n) is 16.8. The number of aromatic amines is 1. The Labute approximate surface area is 184 Å². The number of aromatic nitrogens is 3. The van der Waals surface area contributed by atoms with Crippen molar-refractivity contribution in [3.8, 4) is 0 Å². The molecule has 3 aromatic carbocycles. The van der Waals surface area contributed by atoms with Crippen LogP contribution in [0.25, 0.3) is 0 Å². The molecule has 0 fully saturated rings. The summed E-state index contributed by atoms with van der Waals surface area (Å²) in [6, 6.07) is 29.1. The Bertz CT molecular complexity index is 1130. The summed E-state index contributed by atoms with van der Waals surface area (Å²) in [6.07, 6.45) is 0. The number of nitrogens with one attached hydrogen (secondary N) is 2. The van der Waals surface area contributed by atoms with Crippen LogP contribution in [0.4, 0.5) is 0 Å². The second-order valence-corrected chi connectivity index (χ2v) is 7.94. The summed E-state index contributed by atoms with van der Waals surface area (Å²) in [5, 5.41) is 10.2. The van der Waals surface area contributed by atoms with Gasteiger partial charge in [0.05, 0.1) is 18.3 Å². The highest BCUT2D eigenvalue weighted by atomic mass is 32.2. The fourth-order valence-electron chi connectivity index (χ4n) is 3.30. The van der Waals surface area contributed by atoms with Crippen molar-refractivity contribution in [1.82, 2.24) is 20.1 Å². The SMILES string of the molecule is O=C(CSc1n[nH]c(=O)n1Cc1ccccc1)NC(c1ccccc1)c1ccccc1. The normalized spacial score (nSPS) is 10.9. The summed E-state index contributed by atoms with van der Waals surface area (Å²) in [5.41, 5.74) is 2.71. The van der Waals surface area contributed by atoms with Gasteiger partial charge >= 0.3 is 5.69 Å². The van der Waals surface area contributed by atoms with Gasteiger partial charge < -0.3 is 5.32 Å². The quantitative estimate of drug-likeness (QED) is 0.419. The minimum atomic E-state index is -0.293. The number of carbonyl (C=O) groups is 1. The van der Waals surface area contributed by atoms with Gasteiger partial charge in [0.1, 0.15) is 0 Å². The number of amides is 1. The smallest absolute Gasteiger partial charge is 0.344 e. The molecule has 0 saturated carbocycles. The highest BCUT2D eigenvalue weighted by Crippen LogP contribution is 2.22. The Morgan fingerprint density at radius 2 is 1.45 bits per heavy atom. The van der Waals surface area contributed by atoms with Gasteiger partial charge in [0.25, 0.3) is 0 Å². The molecule has 156 valence electrons. The van der Waals surface area contributed by atoms with E-state index in [0.29, 0.717) is 11.7 Å². The average molecular weight is 431 g/mol. The molecule has 1 heterocycles. The number of H-pyrrole nitrogens is 1. The van der Waals surface area contributed by atoms with Crippen LogP contribution in [-0.4, -0.2) is 26.4 Å². The second kappa shape index (κ2) is 9.95. The van der Waals surface area contributed by atoms with E-state index in [1.165, 1.54) is 11.8 Å². The monoisotopic (exact) mass is 430 g/mol. The van der Waals surface area contributed by atoms with Crippen LogP contribution in [0.1, 0.15) is 22.7 Å². The van der Waals surface area contributed by atoms with E-state index < -0.39 is 0 Å². The van der Waals surface area contributed by atoms with Crippen LogP contribution in [0, 0.1) is 0 Å². The molecule has 7 heteroatoms. The average Bonchev–Trinajstić information content (AvgIpc) is 3.17. The molecular weight excluding hydrogens is 408 g/mol. The maximum atomic E-state index is 12.8. The molecule has 1 amide bonds. The molecular formula is C24H22N4O2S. The molecule has 31 heavy (non-hydrogen) atoms. The molecule has 0 atom stereocenters. The van der Waals surface area contributed by atoms with Gasteiger partial charge in [-0.2, -0.15) is 0 Å². The van der Waals surface area contributed by atoms with Crippen molar-refractivity contribution in [2.75, 3.05) is 5.75 Å². The number of benzene rings is 3. The van der Waals surface area contributed by atoms with E-state index >= 15 is 0 Å². The highest BCUT2D eigenvalue weighted by molar-refractivity contribution is 7.99. The minimum Gasteiger partial charge on any atom is -0.344 e.